The number of aliphatic imine (C=N–C) groups is 1. The molecule has 2 unspecified atom stereocenters. The van der Waals surface area contributed by atoms with Crippen molar-refractivity contribution in [2.75, 3.05) is 19.6 Å². The molecule has 2 atom stereocenters. The van der Waals surface area contributed by atoms with Crippen LogP contribution < -0.4 is 5.32 Å². The number of rotatable bonds is 15. The molecule has 1 amide bonds. The Morgan fingerprint density at radius 3 is 2.33 bits per heavy atom. The van der Waals surface area contributed by atoms with Crippen LogP contribution in [0.5, 0.6) is 0 Å². The van der Waals surface area contributed by atoms with Crippen LogP contribution in [0.25, 0.3) is 0 Å². The summed E-state index contributed by atoms with van der Waals surface area (Å²) in [4.78, 5) is 16.3. The van der Waals surface area contributed by atoms with Crippen LogP contribution in [-0.4, -0.2) is 42.0 Å². The van der Waals surface area contributed by atoms with Gasteiger partial charge in [0.05, 0.1) is 13.1 Å². The van der Waals surface area contributed by atoms with Gasteiger partial charge in [0.25, 0.3) is 0 Å². The van der Waals surface area contributed by atoms with Gasteiger partial charge in [0.15, 0.2) is 12.0 Å². The number of amidine groups is 1. The van der Waals surface area contributed by atoms with E-state index in [1.165, 1.54) is 70.0 Å². The third kappa shape index (κ3) is 8.59. The molecule has 0 aliphatic carbocycles. The third-order valence-electron chi connectivity index (χ3n) is 5.92. The minimum Gasteiger partial charge on any atom is -0.307 e. The molecule has 0 bridgehead atoms. The average Bonchev–Trinajstić information content (AvgIpc) is 3.06. The van der Waals surface area contributed by atoms with Crippen molar-refractivity contribution in [3.05, 3.63) is 12.2 Å². The second kappa shape index (κ2) is 13.9. The summed E-state index contributed by atoms with van der Waals surface area (Å²) in [7, 11) is 0. The smallest absolute Gasteiger partial charge is 0.221 e. The third-order valence-corrected chi connectivity index (χ3v) is 5.92. The Balaban J connectivity index is 2.17. The van der Waals surface area contributed by atoms with Crippen LogP contribution in [0, 0.1) is 0 Å². The number of quaternary nitrogens is 1. The number of amides is 1. The molecule has 0 aromatic heterocycles. The monoisotopic (exact) mass is 378 g/mol. The van der Waals surface area contributed by atoms with E-state index >= 15 is 0 Å². The number of nitrogens with one attached hydrogen (secondary N) is 1. The second-order valence-electron chi connectivity index (χ2n) is 8.02. The van der Waals surface area contributed by atoms with E-state index in [2.05, 4.69) is 38.2 Å². The number of unbranched alkanes of at least 4 members (excludes halogenated alkanes) is 8. The number of hydrogen-bond donors (Lipinski definition) is 1. The summed E-state index contributed by atoms with van der Waals surface area (Å²) >= 11 is 0. The summed E-state index contributed by atoms with van der Waals surface area (Å²) in [6, 6.07) is 0. The molecule has 1 heterocycles. The first kappa shape index (κ1) is 23.9. The summed E-state index contributed by atoms with van der Waals surface area (Å²) in [5.41, 5.74) is 0. The molecule has 0 fully saturated rings. The Morgan fingerprint density at radius 2 is 1.70 bits per heavy atom. The van der Waals surface area contributed by atoms with Crippen molar-refractivity contribution in [1.82, 2.24) is 5.32 Å². The van der Waals surface area contributed by atoms with Gasteiger partial charge in [0.2, 0.25) is 5.91 Å². The van der Waals surface area contributed by atoms with Crippen LogP contribution >= 0.6 is 0 Å². The largest absolute Gasteiger partial charge is 0.307 e. The molecule has 0 radical (unpaired) electrons. The molecule has 4 nitrogen and oxygen atoms in total. The van der Waals surface area contributed by atoms with E-state index in [-0.39, 0.29) is 12.1 Å². The van der Waals surface area contributed by atoms with Crippen molar-refractivity contribution in [2.24, 2.45) is 4.99 Å². The Morgan fingerprint density at radius 1 is 1.07 bits per heavy atom. The Bertz CT molecular complexity index is 472. The lowest BCUT2D eigenvalue weighted by Crippen LogP contribution is -2.62. The average molecular weight is 379 g/mol. The zero-order valence-electron chi connectivity index (χ0n) is 18.4. The molecule has 4 heteroatoms. The topological polar surface area (TPSA) is 41.5 Å². The van der Waals surface area contributed by atoms with Crippen LogP contribution in [0.4, 0.5) is 0 Å². The molecule has 1 aliphatic rings. The van der Waals surface area contributed by atoms with Crippen LogP contribution in [-0.2, 0) is 4.79 Å². The van der Waals surface area contributed by atoms with Crippen LogP contribution in [0.15, 0.2) is 17.1 Å². The Hall–Kier alpha value is -1.16. The van der Waals surface area contributed by atoms with Crippen LogP contribution in [0.3, 0.4) is 0 Å². The van der Waals surface area contributed by atoms with Crippen molar-refractivity contribution in [3.63, 3.8) is 0 Å². The second-order valence-corrected chi connectivity index (χ2v) is 8.02. The van der Waals surface area contributed by atoms with Gasteiger partial charge in [0, 0.05) is 20.3 Å². The van der Waals surface area contributed by atoms with Gasteiger partial charge in [-0.3, -0.25) is 9.28 Å². The maximum absolute atomic E-state index is 11.5. The van der Waals surface area contributed by atoms with Gasteiger partial charge in [-0.1, -0.05) is 57.6 Å². The number of hydrogen-bond acceptors (Lipinski definition) is 2. The summed E-state index contributed by atoms with van der Waals surface area (Å²) in [5, 5.41) is 3.10. The minimum absolute atomic E-state index is 0.0561. The predicted octanol–water partition coefficient (Wildman–Crippen LogP) is 5.58. The molecular formula is C23H44N3O+. The van der Waals surface area contributed by atoms with Crippen molar-refractivity contribution >= 4 is 11.7 Å². The van der Waals surface area contributed by atoms with Gasteiger partial charge < -0.3 is 5.32 Å². The first-order chi connectivity index (χ1) is 13.1. The molecular weight excluding hydrogens is 334 g/mol. The van der Waals surface area contributed by atoms with Crippen LogP contribution in [0.2, 0.25) is 0 Å². The van der Waals surface area contributed by atoms with Gasteiger partial charge in [-0.2, -0.15) is 0 Å². The quantitative estimate of drug-likeness (QED) is 0.225. The highest BCUT2D eigenvalue weighted by molar-refractivity contribution is 5.78. The number of nitrogens with zero attached hydrogens (tertiary/aromatic N) is 2. The number of carbonyl (C=O) groups excluding carboxylic acids is 1. The molecule has 0 spiro atoms. The van der Waals surface area contributed by atoms with Crippen LogP contribution in [0.1, 0.15) is 98.3 Å². The number of allylic oxidation sites excluding steroid dienone is 2. The fourth-order valence-corrected chi connectivity index (χ4v) is 4.21. The van der Waals surface area contributed by atoms with E-state index < -0.39 is 0 Å². The van der Waals surface area contributed by atoms with Crippen molar-refractivity contribution in [3.8, 4) is 0 Å². The molecule has 1 aliphatic heterocycles. The first-order valence-electron chi connectivity index (χ1n) is 11.4. The SMILES string of the molecule is CCC/C=C/CCCCCCCCCC1=NCC[N+]1(CC)C(C)NC(C)=O. The summed E-state index contributed by atoms with van der Waals surface area (Å²) in [6.07, 6.45) is 18.9. The van der Waals surface area contributed by atoms with E-state index in [0.717, 1.165) is 30.5 Å². The highest BCUT2D eigenvalue weighted by Gasteiger charge is 2.41. The van der Waals surface area contributed by atoms with Gasteiger partial charge in [0.1, 0.15) is 6.54 Å². The molecule has 1 rings (SSSR count). The molecule has 0 aromatic rings. The molecule has 27 heavy (non-hydrogen) atoms. The predicted molar refractivity (Wildman–Crippen MR) is 117 cm³/mol. The van der Waals surface area contributed by atoms with Gasteiger partial charge in [-0.15, -0.1) is 0 Å². The van der Waals surface area contributed by atoms with Crippen molar-refractivity contribution < 1.29 is 9.28 Å². The molecule has 0 saturated heterocycles. The van der Waals surface area contributed by atoms with E-state index in [0.29, 0.717) is 0 Å². The number of likely N-dealkylation sites (N-methyl/N-ethyl adjacent to an activating group) is 1. The fraction of sp³-hybridized carbons (Fsp3) is 0.826. The molecule has 156 valence electrons. The standard InChI is InChI=1S/C23H43N3O/c1-5-7-8-9-10-11-12-13-14-15-16-17-18-23-24-19-20-26(23,6-2)21(3)25-22(4)27/h8-9,21H,5-7,10-20H2,1-4H3/p+1/b9-8+. The normalized spacial score (nSPS) is 20.8. The first-order valence-corrected chi connectivity index (χ1v) is 11.4. The highest BCUT2D eigenvalue weighted by atomic mass is 16.1. The van der Waals surface area contributed by atoms with E-state index in [1.807, 2.05) is 0 Å². The molecule has 0 aromatic carbocycles. The van der Waals surface area contributed by atoms with Crippen molar-refractivity contribution in [1.29, 1.82) is 0 Å². The Kier molecular flexibility index (Phi) is 12.3. The van der Waals surface area contributed by atoms with Crippen molar-refractivity contribution in [2.45, 2.75) is 104 Å². The fourth-order valence-electron chi connectivity index (χ4n) is 4.21. The van der Waals surface area contributed by atoms with Gasteiger partial charge >= 0.3 is 0 Å². The molecule has 1 N–H and O–H groups in total. The van der Waals surface area contributed by atoms with E-state index in [9.17, 15) is 4.79 Å². The maximum Gasteiger partial charge on any atom is 0.221 e. The summed E-state index contributed by atoms with van der Waals surface area (Å²) in [6.45, 7) is 11.1. The van der Waals surface area contributed by atoms with Gasteiger partial charge in [-0.05, 0) is 32.6 Å². The lowest BCUT2D eigenvalue weighted by atomic mass is 10.1. The lowest BCUT2D eigenvalue weighted by Gasteiger charge is -2.39. The van der Waals surface area contributed by atoms with E-state index in [1.54, 1.807) is 6.92 Å². The summed E-state index contributed by atoms with van der Waals surface area (Å²) < 4.78 is 0.852. The molecule has 0 saturated carbocycles. The van der Waals surface area contributed by atoms with E-state index in [4.69, 9.17) is 4.99 Å². The zero-order valence-corrected chi connectivity index (χ0v) is 18.4. The summed E-state index contributed by atoms with van der Waals surface area (Å²) in [5.74, 6) is 1.36. The zero-order chi connectivity index (χ0) is 20.0. The maximum atomic E-state index is 11.5. The highest BCUT2D eigenvalue weighted by Crippen LogP contribution is 2.23. The van der Waals surface area contributed by atoms with Gasteiger partial charge in [-0.25, -0.2) is 4.99 Å². The Labute approximate surface area is 168 Å². The minimum atomic E-state index is 0.0561. The number of carbonyl (C=O) groups is 1. The lowest BCUT2D eigenvalue weighted by molar-refractivity contribution is -0.861.